The monoisotopic (exact) mass is 346 g/mol. The van der Waals surface area contributed by atoms with Crippen LogP contribution in [0.3, 0.4) is 0 Å². The normalized spacial score (nSPS) is 19.1. The fourth-order valence-corrected chi connectivity index (χ4v) is 3.73. The van der Waals surface area contributed by atoms with Gasteiger partial charge in [0.15, 0.2) is 11.5 Å². The first-order chi connectivity index (χ1) is 12.0. The number of phenolic OH excluding ortho intramolecular Hbond substituents is 2. The van der Waals surface area contributed by atoms with Gasteiger partial charge in [0.2, 0.25) is 5.91 Å². The number of piperidine rings is 2. The molecule has 6 nitrogen and oxygen atoms in total. The highest BCUT2D eigenvalue weighted by atomic mass is 16.3. The van der Waals surface area contributed by atoms with Gasteiger partial charge in [0.25, 0.3) is 5.91 Å². The Morgan fingerprint density at radius 3 is 2.20 bits per heavy atom. The van der Waals surface area contributed by atoms with Crippen molar-refractivity contribution in [3.05, 3.63) is 23.3 Å². The minimum atomic E-state index is -0.364. The van der Waals surface area contributed by atoms with Crippen LogP contribution in [0.1, 0.15) is 48.0 Å². The number of amides is 2. The largest absolute Gasteiger partial charge is 0.504 e. The van der Waals surface area contributed by atoms with Crippen LogP contribution in [0, 0.1) is 12.8 Å². The molecule has 2 heterocycles. The van der Waals surface area contributed by atoms with E-state index in [1.54, 1.807) is 17.9 Å². The van der Waals surface area contributed by atoms with Crippen molar-refractivity contribution in [1.82, 2.24) is 9.80 Å². The summed E-state index contributed by atoms with van der Waals surface area (Å²) in [6.07, 6.45) is 4.67. The zero-order chi connectivity index (χ0) is 18.0. The van der Waals surface area contributed by atoms with Gasteiger partial charge in [0.1, 0.15) is 0 Å². The van der Waals surface area contributed by atoms with Gasteiger partial charge in [-0.05, 0) is 50.7 Å². The first-order valence-corrected chi connectivity index (χ1v) is 9.08. The summed E-state index contributed by atoms with van der Waals surface area (Å²) in [4.78, 5) is 28.8. The number of hydrogen-bond acceptors (Lipinski definition) is 4. The lowest BCUT2D eigenvalue weighted by Gasteiger charge is -2.35. The molecule has 0 unspecified atom stereocenters. The molecule has 0 aliphatic carbocycles. The van der Waals surface area contributed by atoms with Gasteiger partial charge in [-0.2, -0.15) is 0 Å². The van der Waals surface area contributed by atoms with E-state index in [9.17, 15) is 19.8 Å². The molecule has 6 heteroatoms. The summed E-state index contributed by atoms with van der Waals surface area (Å²) in [6, 6.07) is 3.16. The number of likely N-dealkylation sites (tertiary alicyclic amines) is 2. The summed E-state index contributed by atoms with van der Waals surface area (Å²) in [7, 11) is 0. The second-order valence-electron chi connectivity index (χ2n) is 7.08. The number of benzene rings is 1. The van der Waals surface area contributed by atoms with Crippen LogP contribution in [0.25, 0.3) is 0 Å². The number of aromatic hydroxyl groups is 2. The minimum absolute atomic E-state index is 0.0119. The number of aryl methyl sites for hydroxylation is 1. The molecule has 136 valence electrons. The van der Waals surface area contributed by atoms with E-state index < -0.39 is 0 Å². The van der Waals surface area contributed by atoms with Gasteiger partial charge in [-0.1, -0.05) is 6.07 Å². The molecule has 1 aromatic rings. The zero-order valence-electron chi connectivity index (χ0n) is 14.7. The first-order valence-electron chi connectivity index (χ1n) is 9.08. The van der Waals surface area contributed by atoms with Crippen molar-refractivity contribution in [3.8, 4) is 11.5 Å². The van der Waals surface area contributed by atoms with Gasteiger partial charge in [-0.3, -0.25) is 9.59 Å². The van der Waals surface area contributed by atoms with E-state index in [1.807, 2.05) is 4.90 Å². The van der Waals surface area contributed by atoms with Crippen LogP contribution in [-0.4, -0.2) is 58.0 Å². The number of carbonyl (C=O) groups excluding carboxylic acids is 2. The standard InChI is InChI=1S/C19H26N2O4/c1-13-5-6-15(17(23)16(13)22)19(25)21-11-7-14(8-12-21)18(24)20-9-3-2-4-10-20/h5-6,14,22-23H,2-4,7-12H2,1H3. The third-order valence-electron chi connectivity index (χ3n) is 5.38. The number of hydrogen-bond donors (Lipinski definition) is 2. The van der Waals surface area contributed by atoms with E-state index in [2.05, 4.69) is 0 Å². The Kier molecular flexibility index (Phi) is 5.16. The molecule has 0 spiro atoms. The van der Waals surface area contributed by atoms with Crippen LogP contribution in [0.2, 0.25) is 0 Å². The second kappa shape index (κ2) is 7.33. The maximum atomic E-state index is 12.6. The molecule has 0 aromatic heterocycles. The quantitative estimate of drug-likeness (QED) is 0.805. The molecule has 25 heavy (non-hydrogen) atoms. The van der Waals surface area contributed by atoms with E-state index in [0.29, 0.717) is 31.5 Å². The Bertz CT molecular complexity index is 660. The average molecular weight is 346 g/mol. The minimum Gasteiger partial charge on any atom is -0.504 e. The molecule has 2 aliphatic heterocycles. The van der Waals surface area contributed by atoms with E-state index in [0.717, 1.165) is 25.9 Å². The van der Waals surface area contributed by atoms with Gasteiger partial charge in [0, 0.05) is 32.1 Å². The maximum Gasteiger partial charge on any atom is 0.257 e. The lowest BCUT2D eigenvalue weighted by atomic mass is 9.93. The third-order valence-corrected chi connectivity index (χ3v) is 5.38. The summed E-state index contributed by atoms with van der Waals surface area (Å²) in [6.45, 7) is 4.37. The molecule has 3 rings (SSSR count). The zero-order valence-corrected chi connectivity index (χ0v) is 14.7. The maximum absolute atomic E-state index is 12.6. The number of nitrogens with zero attached hydrogens (tertiary/aromatic N) is 2. The van der Waals surface area contributed by atoms with Crippen molar-refractivity contribution < 1.29 is 19.8 Å². The Morgan fingerprint density at radius 1 is 0.920 bits per heavy atom. The Morgan fingerprint density at radius 2 is 1.56 bits per heavy atom. The molecular weight excluding hydrogens is 320 g/mol. The summed E-state index contributed by atoms with van der Waals surface area (Å²) >= 11 is 0. The van der Waals surface area contributed by atoms with Crippen molar-refractivity contribution in [2.24, 2.45) is 5.92 Å². The lowest BCUT2D eigenvalue weighted by molar-refractivity contribution is -0.137. The van der Waals surface area contributed by atoms with E-state index in [4.69, 9.17) is 0 Å². The van der Waals surface area contributed by atoms with E-state index >= 15 is 0 Å². The molecule has 2 N–H and O–H groups in total. The van der Waals surface area contributed by atoms with Crippen molar-refractivity contribution in [2.75, 3.05) is 26.2 Å². The van der Waals surface area contributed by atoms with Gasteiger partial charge >= 0.3 is 0 Å². The third kappa shape index (κ3) is 3.57. The van der Waals surface area contributed by atoms with Crippen LogP contribution in [0.5, 0.6) is 11.5 Å². The SMILES string of the molecule is Cc1ccc(C(=O)N2CCC(C(=O)N3CCCCC3)CC2)c(O)c1O. The lowest BCUT2D eigenvalue weighted by Crippen LogP contribution is -2.45. The highest BCUT2D eigenvalue weighted by molar-refractivity contribution is 5.98. The number of phenols is 2. The van der Waals surface area contributed by atoms with E-state index in [1.165, 1.54) is 12.5 Å². The topological polar surface area (TPSA) is 81.1 Å². The predicted octanol–water partition coefficient (Wildman–Crippen LogP) is 2.27. The molecule has 0 bridgehead atoms. The molecule has 0 atom stereocenters. The van der Waals surface area contributed by atoms with E-state index in [-0.39, 0.29) is 34.8 Å². The summed E-state index contributed by atoms with van der Waals surface area (Å²) in [5.41, 5.74) is 0.642. The molecule has 0 saturated carbocycles. The fourth-order valence-electron chi connectivity index (χ4n) is 3.73. The smallest absolute Gasteiger partial charge is 0.257 e. The van der Waals surface area contributed by atoms with Gasteiger partial charge in [0.05, 0.1) is 5.56 Å². The Balaban J connectivity index is 1.61. The van der Waals surface area contributed by atoms with Crippen molar-refractivity contribution in [1.29, 1.82) is 0 Å². The van der Waals surface area contributed by atoms with Crippen LogP contribution in [0.4, 0.5) is 0 Å². The predicted molar refractivity (Wildman–Crippen MR) is 93.6 cm³/mol. The molecule has 2 amide bonds. The summed E-state index contributed by atoms with van der Waals surface area (Å²) in [5.74, 6) is -0.695. The highest BCUT2D eigenvalue weighted by Crippen LogP contribution is 2.33. The highest BCUT2D eigenvalue weighted by Gasteiger charge is 2.32. The molecular formula is C19H26N2O4. The molecule has 2 aliphatic rings. The van der Waals surface area contributed by atoms with Gasteiger partial charge in [-0.15, -0.1) is 0 Å². The molecule has 2 fully saturated rings. The van der Waals surface area contributed by atoms with Crippen molar-refractivity contribution >= 4 is 11.8 Å². The molecule has 0 radical (unpaired) electrons. The Hall–Kier alpha value is -2.24. The van der Waals surface area contributed by atoms with Crippen LogP contribution >= 0.6 is 0 Å². The van der Waals surface area contributed by atoms with Crippen molar-refractivity contribution in [3.63, 3.8) is 0 Å². The van der Waals surface area contributed by atoms with Crippen LogP contribution < -0.4 is 0 Å². The molecule has 1 aromatic carbocycles. The average Bonchev–Trinajstić information content (AvgIpc) is 2.66. The summed E-state index contributed by atoms with van der Waals surface area (Å²) in [5, 5.41) is 19.9. The van der Waals surface area contributed by atoms with Crippen LogP contribution in [-0.2, 0) is 4.79 Å². The van der Waals surface area contributed by atoms with Gasteiger partial charge in [-0.25, -0.2) is 0 Å². The second-order valence-corrected chi connectivity index (χ2v) is 7.08. The number of rotatable bonds is 2. The molecule has 2 saturated heterocycles. The number of carbonyl (C=O) groups is 2. The van der Waals surface area contributed by atoms with Gasteiger partial charge < -0.3 is 20.0 Å². The van der Waals surface area contributed by atoms with Crippen molar-refractivity contribution in [2.45, 2.75) is 39.0 Å². The first kappa shape index (κ1) is 17.6. The fraction of sp³-hybridized carbons (Fsp3) is 0.579. The Labute approximate surface area is 148 Å². The summed E-state index contributed by atoms with van der Waals surface area (Å²) < 4.78 is 0. The van der Waals surface area contributed by atoms with Crippen LogP contribution in [0.15, 0.2) is 12.1 Å².